The molecular formula is C13H12BrNO2. The molecule has 2 rings (SSSR count). The summed E-state index contributed by atoms with van der Waals surface area (Å²) in [7, 11) is 1.77. The van der Waals surface area contributed by atoms with E-state index in [2.05, 4.69) is 15.9 Å². The Morgan fingerprint density at radius 1 is 1.35 bits per heavy atom. The first-order valence-electron chi connectivity index (χ1n) is 5.19. The summed E-state index contributed by atoms with van der Waals surface area (Å²) in [4.78, 5) is 13.8. The van der Waals surface area contributed by atoms with Crippen LogP contribution in [0.15, 0.2) is 51.7 Å². The fourth-order valence-corrected chi connectivity index (χ4v) is 2.02. The number of benzene rings is 1. The van der Waals surface area contributed by atoms with Crippen molar-refractivity contribution in [1.82, 2.24) is 4.90 Å². The van der Waals surface area contributed by atoms with Crippen molar-refractivity contribution in [3.05, 3.63) is 58.5 Å². The third-order valence-electron chi connectivity index (χ3n) is 2.45. The highest BCUT2D eigenvalue weighted by atomic mass is 79.9. The Labute approximate surface area is 108 Å². The zero-order chi connectivity index (χ0) is 12.3. The van der Waals surface area contributed by atoms with Crippen molar-refractivity contribution in [1.29, 1.82) is 0 Å². The molecule has 0 fully saturated rings. The van der Waals surface area contributed by atoms with Gasteiger partial charge in [-0.25, -0.2) is 0 Å². The van der Waals surface area contributed by atoms with Crippen LogP contribution in [-0.2, 0) is 6.54 Å². The molecule has 0 bridgehead atoms. The van der Waals surface area contributed by atoms with Crippen LogP contribution in [0.1, 0.15) is 15.9 Å². The summed E-state index contributed by atoms with van der Waals surface area (Å²) in [5.74, 6) is -0.0151. The highest BCUT2D eigenvalue weighted by Crippen LogP contribution is 2.18. The van der Waals surface area contributed by atoms with E-state index in [9.17, 15) is 4.79 Å². The molecule has 88 valence electrons. The second-order valence-corrected chi connectivity index (χ2v) is 4.63. The van der Waals surface area contributed by atoms with Gasteiger partial charge in [0.2, 0.25) is 0 Å². The Morgan fingerprint density at radius 3 is 2.76 bits per heavy atom. The summed E-state index contributed by atoms with van der Waals surface area (Å²) in [5.41, 5.74) is 1.64. The van der Waals surface area contributed by atoms with Crippen molar-refractivity contribution in [2.24, 2.45) is 0 Å². The van der Waals surface area contributed by atoms with Crippen LogP contribution in [0.3, 0.4) is 0 Å². The van der Waals surface area contributed by atoms with Gasteiger partial charge in [-0.1, -0.05) is 12.1 Å². The van der Waals surface area contributed by atoms with Crippen molar-refractivity contribution in [2.45, 2.75) is 6.54 Å². The Bertz CT molecular complexity index is 508. The number of furan rings is 1. The van der Waals surface area contributed by atoms with Crippen molar-refractivity contribution in [3.63, 3.8) is 0 Å². The maximum Gasteiger partial charge on any atom is 0.255 e. The Morgan fingerprint density at radius 2 is 2.12 bits per heavy atom. The zero-order valence-corrected chi connectivity index (χ0v) is 11.0. The molecule has 2 aromatic rings. The fraction of sp³-hybridized carbons (Fsp3) is 0.154. The van der Waals surface area contributed by atoms with Gasteiger partial charge in [-0.3, -0.25) is 4.79 Å². The lowest BCUT2D eigenvalue weighted by atomic mass is 10.2. The molecule has 0 saturated heterocycles. The SMILES string of the molecule is CN(Cc1ccoc1)C(=O)c1ccccc1Br. The van der Waals surface area contributed by atoms with Gasteiger partial charge in [0.05, 0.1) is 18.1 Å². The smallest absolute Gasteiger partial charge is 0.255 e. The predicted molar refractivity (Wildman–Crippen MR) is 68.6 cm³/mol. The average molecular weight is 294 g/mol. The lowest BCUT2D eigenvalue weighted by molar-refractivity contribution is 0.0784. The van der Waals surface area contributed by atoms with Gasteiger partial charge in [0.25, 0.3) is 5.91 Å². The van der Waals surface area contributed by atoms with E-state index >= 15 is 0 Å². The maximum atomic E-state index is 12.2. The largest absolute Gasteiger partial charge is 0.472 e. The summed E-state index contributed by atoms with van der Waals surface area (Å²) in [5, 5.41) is 0. The van der Waals surface area contributed by atoms with Crippen LogP contribution in [0.2, 0.25) is 0 Å². The van der Waals surface area contributed by atoms with E-state index < -0.39 is 0 Å². The number of amides is 1. The van der Waals surface area contributed by atoms with E-state index in [1.165, 1.54) is 0 Å². The summed E-state index contributed by atoms with van der Waals surface area (Å²) >= 11 is 3.38. The minimum absolute atomic E-state index is 0.0151. The van der Waals surface area contributed by atoms with Crippen LogP contribution in [0.4, 0.5) is 0 Å². The van der Waals surface area contributed by atoms with Gasteiger partial charge >= 0.3 is 0 Å². The topological polar surface area (TPSA) is 33.5 Å². The predicted octanol–water partition coefficient (Wildman–Crippen LogP) is 3.31. The number of hydrogen-bond acceptors (Lipinski definition) is 2. The highest BCUT2D eigenvalue weighted by Gasteiger charge is 2.14. The second kappa shape index (κ2) is 5.19. The molecule has 4 heteroatoms. The first-order chi connectivity index (χ1) is 8.18. The number of nitrogens with zero attached hydrogens (tertiary/aromatic N) is 1. The van der Waals surface area contributed by atoms with E-state index in [1.807, 2.05) is 24.3 Å². The van der Waals surface area contributed by atoms with Crippen LogP contribution in [0.5, 0.6) is 0 Å². The van der Waals surface area contributed by atoms with E-state index in [-0.39, 0.29) is 5.91 Å². The van der Waals surface area contributed by atoms with E-state index in [0.29, 0.717) is 12.1 Å². The molecule has 0 aliphatic carbocycles. The normalized spacial score (nSPS) is 10.2. The molecule has 0 radical (unpaired) electrons. The quantitative estimate of drug-likeness (QED) is 0.870. The zero-order valence-electron chi connectivity index (χ0n) is 9.39. The monoisotopic (exact) mass is 293 g/mol. The molecule has 1 heterocycles. The molecule has 0 aliphatic rings. The van der Waals surface area contributed by atoms with Crippen LogP contribution in [0, 0.1) is 0 Å². The Kier molecular flexibility index (Phi) is 3.64. The Hall–Kier alpha value is -1.55. The minimum atomic E-state index is -0.0151. The molecule has 1 aromatic carbocycles. The third-order valence-corrected chi connectivity index (χ3v) is 3.14. The van der Waals surface area contributed by atoms with Crippen LogP contribution < -0.4 is 0 Å². The molecule has 0 spiro atoms. The average Bonchev–Trinajstić information content (AvgIpc) is 2.81. The van der Waals surface area contributed by atoms with Gasteiger partial charge in [0.15, 0.2) is 0 Å². The number of rotatable bonds is 3. The van der Waals surface area contributed by atoms with Crippen LogP contribution >= 0.6 is 15.9 Å². The van der Waals surface area contributed by atoms with Gasteiger partial charge in [-0.15, -0.1) is 0 Å². The number of halogens is 1. The molecule has 17 heavy (non-hydrogen) atoms. The van der Waals surface area contributed by atoms with Crippen molar-refractivity contribution in [2.75, 3.05) is 7.05 Å². The van der Waals surface area contributed by atoms with Crippen molar-refractivity contribution in [3.8, 4) is 0 Å². The lowest BCUT2D eigenvalue weighted by Gasteiger charge is -2.16. The first-order valence-corrected chi connectivity index (χ1v) is 5.99. The molecule has 0 saturated carbocycles. The summed E-state index contributed by atoms with van der Waals surface area (Å²) in [6.45, 7) is 0.538. The summed E-state index contributed by atoms with van der Waals surface area (Å²) in [6, 6.07) is 9.25. The molecule has 0 unspecified atom stereocenters. The highest BCUT2D eigenvalue weighted by molar-refractivity contribution is 9.10. The Balaban J connectivity index is 2.13. The third kappa shape index (κ3) is 2.77. The maximum absolute atomic E-state index is 12.2. The number of hydrogen-bond donors (Lipinski definition) is 0. The number of carbonyl (C=O) groups excluding carboxylic acids is 1. The van der Waals surface area contributed by atoms with E-state index in [1.54, 1.807) is 30.5 Å². The number of carbonyl (C=O) groups is 1. The molecule has 0 atom stereocenters. The van der Waals surface area contributed by atoms with Crippen LogP contribution in [-0.4, -0.2) is 17.9 Å². The van der Waals surface area contributed by atoms with E-state index in [0.717, 1.165) is 10.0 Å². The van der Waals surface area contributed by atoms with Gasteiger partial charge in [-0.05, 0) is 34.1 Å². The molecule has 1 aromatic heterocycles. The van der Waals surface area contributed by atoms with Gasteiger partial charge in [0.1, 0.15) is 0 Å². The molecule has 0 N–H and O–H groups in total. The molecule has 3 nitrogen and oxygen atoms in total. The van der Waals surface area contributed by atoms with Gasteiger partial charge in [-0.2, -0.15) is 0 Å². The standard InChI is InChI=1S/C13H12BrNO2/c1-15(8-10-6-7-17-9-10)13(16)11-4-2-3-5-12(11)14/h2-7,9H,8H2,1H3. The minimum Gasteiger partial charge on any atom is -0.472 e. The summed E-state index contributed by atoms with van der Waals surface area (Å²) in [6.07, 6.45) is 3.25. The molecule has 0 aliphatic heterocycles. The lowest BCUT2D eigenvalue weighted by Crippen LogP contribution is -2.26. The van der Waals surface area contributed by atoms with E-state index in [4.69, 9.17) is 4.42 Å². The van der Waals surface area contributed by atoms with Crippen molar-refractivity contribution < 1.29 is 9.21 Å². The van der Waals surface area contributed by atoms with Crippen molar-refractivity contribution >= 4 is 21.8 Å². The molecule has 1 amide bonds. The second-order valence-electron chi connectivity index (χ2n) is 3.77. The van der Waals surface area contributed by atoms with Crippen LogP contribution in [0.25, 0.3) is 0 Å². The van der Waals surface area contributed by atoms with Gasteiger partial charge < -0.3 is 9.32 Å². The molecular weight excluding hydrogens is 282 g/mol. The van der Waals surface area contributed by atoms with Gasteiger partial charge in [0, 0.05) is 23.6 Å². The fourth-order valence-electron chi connectivity index (χ4n) is 1.57. The first kappa shape index (κ1) is 11.9. The summed E-state index contributed by atoms with van der Waals surface area (Å²) < 4.78 is 5.79.